The van der Waals surface area contributed by atoms with Crippen molar-refractivity contribution in [2.75, 3.05) is 7.11 Å². The minimum absolute atomic E-state index is 0.364. The lowest BCUT2D eigenvalue weighted by molar-refractivity contribution is 0.0592. The van der Waals surface area contributed by atoms with Gasteiger partial charge in [-0.1, -0.05) is 0 Å². The number of alkyl halides is 3. The molecule has 0 unspecified atom stereocenters. The Kier molecular flexibility index (Phi) is 4.12. The van der Waals surface area contributed by atoms with Crippen LogP contribution < -0.4 is 0 Å². The summed E-state index contributed by atoms with van der Waals surface area (Å²) in [5, 5.41) is 0. The Labute approximate surface area is 94.2 Å². The van der Waals surface area contributed by atoms with E-state index in [0.717, 1.165) is 7.11 Å². The van der Waals surface area contributed by atoms with E-state index in [1.807, 2.05) is 0 Å². The normalized spacial score (nSPS) is 10.6. The average Bonchev–Trinajstić information content (AvgIpc) is 2.26. The molecule has 0 N–H and O–H groups in total. The van der Waals surface area contributed by atoms with Gasteiger partial charge in [-0.05, 0) is 0 Å². The van der Waals surface area contributed by atoms with Gasteiger partial charge in [-0.25, -0.2) is 22.9 Å². The van der Waals surface area contributed by atoms with Crippen LogP contribution in [0.4, 0.5) is 13.2 Å². The summed E-state index contributed by atoms with van der Waals surface area (Å²) in [6.07, 6.45) is -3.03. The van der Waals surface area contributed by atoms with Crippen molar-refractivity contribution < 1.29 is 22.7 Å². The first-order valence-electron chi connectivity index (χ1n) is 4.13. The SMILES string of the molecule is COC(=O)c1cc(F)c(C(F)F)c(CCl)n1. The third kappa shape index (κ3) is 2.44. The van der Waals surface area contributed by atoms with E-state index in [1.165, 1.54) is 0 Å². The van der Waals surface area contributed by atoms with Gasteiger partial charge in [0, 0.05) is 6.07 Å². The number of methoxy groups -OCH3 is 1. The van der Waals surface area contributed by atoms with Crippen LogP contribution in [0.25, 0.3) is 0 Å². The predicted molar refractivity (Wildman–Crippen MR) is 50.0 cm³/mol. The summed E-state index contributed by atoms with van der Waals surface area (Å²) in [5.74, 6) is -2.55. The molecule has 1 aromatic heterocycles. The van der Waals surface area contributed by atoms with Crippen molar-refractivity contribution in [2.24, 2.45) is 0 Å². The molecule has 7 heteroatoms. The highest BCUT2D eigenvalue weighted by molar-refractivity contribution is 6.17. The van der Waals surface area contributed by atoms with Gasteiger partial charge < -0.3 is 4.74 Å². The molecule has 0 atom stereocenters. The Morgan fingerprint density at radius 2 is 2.25 bits per heavy atom. The molecular formula is C9H7ClF3NO2. The zero-order chi connectivity index (χ0) is 12.3. The zero-order valence-corrected chi connectivity index (χ0v) is 8.89. The van der Waals surface area contributed by atoms with Gasteiger partial charge in [0.05, 0.1) is 24.2 Å². The van der Waals surface area contributed by atoms with Crippen molar-refractivity contribution in [1.29, 1.82) is 0 Å². The molecule has 0 saturated heterocycles. The molecule has 1 heterocycles. The van der Waals surface area contributed by atoms with E-state index in [1.54, 1.807) is 0 Å². The lowest BCUT2D eigenvalue weighted by Crippen LogP contribution is -2.10. The molecule has 0 bridgehead atoms. The number of pyridine rings is 1. The van der Waals surface area contributed by atoms with E-state index in [4.69, 9.17) is 11.6 Å². The van der Waals surface area contributed by atoms with Crippen molar-refractivity contribution in [3.63, 3.8) is 0 Å². The first kappa shape index (κ1) is 12.8. The van der Waals surface area contributed by atoms with E-state index in [2.05, 4.69) is 9.72 Å². The van der Waals surface area contributed by atoms with E-state index in [-0.39, 0.29) is 11.4 Å². The summed E-state index contributed by atoms with van der Waals surface area (Å²) in [6, 6.07) is 0.601. The van der Waals surface area contributed by atoms with Crippen molar-refractivity contribution in [1.82, 2.24) is 4.98 Å². The second-order valence-corrected chi connectivity index (χ2v) is 3.04. The number of ether oxygens (including phenoxy) is 1. The fraction of sp³-hybridized carbons (Fsp3) is 0.333. The van der Waals surface area contributed by atoms with Crippen LogP contribution in [0.2, 0.25) is 0 Å². The van der Waals surface area contributed by atoms with E-state index >= 15 is 0 Å². The average molecular weight is 254 g/mol. The highest BCUT2D eigenvalue weighted by Gasteiger charge is 2.22. The van der Waals surface area contributed by atoms with Crippen LogP contribution in [0.15, 0.2) is 6.07 Å². The zero-order valence-electron chi connectivity index (χ0n) is 8.14. The molecule has 0 saturated carbocycles. The standard InChI is InChI=1S/C9H7ClF3NO2/c1-16-9(15)5-2-4(11)7(8(12)13)6(3-10)14-5/h2,8H,3H2,1H3. The Balaban J connectivity index is 3.32. The summed E-state index contributed by atoms with van der Waals surface area (Å²) >= 11 is 5.35. The number of carbonyl (C=O) groups excluding carboxylic acids is 1. The highest BCUT2D eigenvalue weighted by Crippen LogP contribution is 2.26. The Bertz CT molecular complexity index is 412. The molecule has 0 fully saturated rings. The fourth-order valence-electron chi connectivity index (χ4n) is 1.11. The maximum Gasteiger partial charge on any atom is 0.356 e. The number of rotatable bonds is 3. The van der Waals surface area contributed by atoms with Crippen molar-refractivity contribution in [3.8, 4) is 0 Å². The minimum atomic E-state index is -3.03. The lowest BCUT2D eigenvalue weighted by atomic mass is 10.1. The lowest BCUT2D eigenvalue weighted by Gasteiger charge is -2.08. The van der Waals surface area contributed by atoms with Gasteiger partial charge in [0.2, 0.25) is 0 Å². The minimum Gasteiger partial charge on any atom is -0.464 e. The molecule has 0 aromatic carbocycles. The molecule has 88 valence electrons. The van der Waals surface area contributed by atoms with Gasteiger partial charge in [-0.15, -0.1) is 11.6 Å². The van der Waals surface area contributed by atoms with E-state index < -0.39 is 29.7 Å². The van der Waals surface area contributed by atoms with Gasteiger partial charge >= 0.3 is 5.97 Å². The maximum atomic E-state index is 13.3. The number of hydrogen-bond donors (Lipinski definition) is 0. The summed E-state index contributed by atoms with van der Waals surface area (Å²) in [7, 11) is 1.07. The third-order valence-electron chi connectivity index (χ3n) is 1.83. The monoisotopic (exact) mass is 253 g/mol. The molecule has 0 aliphatic heterocycles. The topological polar surface area (TPSA) is 39.2 Å². The van der Waals surface area contributed by atoms with Gasteiger partial charge in [-0.3, -0.25) is 0 Å². The Morgan fingerprint density at radius 1 is 1.62 bits per heavy atom. The number of aromatic nitrogens is 1. The molecule has 16 heavy (non-hydrogen) atoms. The molecule has 0 aliphatic rings. The van der Waals surface area contributed by atoms with E-state index in [0.29, 0.717) is 6.07 Å². The summed E-state index contributed by atoms with van der Waals surface area (Å²) in [6.45, 7) is 0. The quantitative estimate of drug-likeness (QED) is 0.614. The molecule has 3 nitrogen and oxygen atoms in total. The van der Waals surface area contributed by atoms with Crippen LogP contribution in [-0.4, -0.2) is 18.1 Å². The summed E-state index contributed by atoms with van der Waals surface area (Å²) < 4.78 is 42.4. The van der Waals surface area contributed by atoms with Crippen LogP contribution >= 0.6 is 11.6 Å². The molecule has 0 radical (unpaired) electrons. The molecule has 0 aliphatic carbocycles. The molecule has 1 aromatic rings. The van der Waals surface area contributed by atoms with Gasteiger partial charge in [0.15, 0.2) is 5.69 Å². The first-order valence-corrected chi connectivity index (χ1v) is 4.66. The largest absolute Gasteiger partial charge is 0.464 e. The summed E-state index contributed by atoms with van der Waals surface area (Å²) in [5.41, 5.74) is -1.64. The van der Waals surface area contributed by atoms with Crippen molar-refractivity contribution in [3.05, 3.63) is 28.8 Å². The number of esters is 1. The molecule has 0 amide bonds. The van der Waals surface area contributed by atoms with Crippen molar-refractivity contribution in [2.45, 2.75) is 12.3 Å². The summed E-state index contributed by atoms with van der Waals surface area (Å²) in [4.78, 5) is 14.6. The highest BCUT2D eigenvalue weighted by atomic mass is 35.5. The predicted octanol–water partition coefficient (Wildman–Crippen LogP) is 2.68. The number of hydrogen-bond acceptors (Lipinski definition) is 3. The second-order valence-electron chi connectivity index (χ2n) is 2.78. The van der Waals surface area contributed by atoms with Gasteiger partial charge in [-0.2, -0.15) is 0 Å². The molecular weight excluding hydrogens is 247 g/mol. The first-order chi connectivity index (χ1) is 7.51. The van der Waals surface area contributed by atoms with Crippen LogP contribution in [0.3, 0.4) is 0 Å². The van der Waals surface area contributed by atoms with Crippen LogP contribution in [-0.2, 0) is 10.6 Å². The number of carbonyl (C=O) groups is 1. The fourth-order valence-corrected chi connectivity index (χ4v) is 1.32. The molecule has 1 rings (SSSR count). The van der Waals surface area contributed by atoms with Crippen LogP contribution in [0.5, 0.6) is 0 Å². The smallest absolute Gasteiger partial charge is 0.356 e. The second kappa shape index (κ2) is 5.16. The van der Waals surface area contributed by atoms with Crippen molar-refractivity contribution >= 4 is 17.6 Å². The van der Waals surface area contributed by atoms with Gasteiger partial charge in [0.25, 0.3) is 6.43 Å². The number of halogens is 4. The Hall–Kier alpha value is -1.30. The van der Waals surface area contributed by atoms with Crippen LogP contribution in [0.1, 0.15) is 28.2 Å². The molecule has 0 spiro atoms. The van der Waals surface area contributed by atoms with E-state index in [9.17, 15) is 18.0 Å². The van der Waals surface area contributed by atoms with Gasteiger partial charge in [0.1, 0.15) is 5.82 Å². The Morgan fingerprint density at radius 3 is 2.69 bits per heavy atom. The van der Waals surface area contributed by atoms with Crippen LogP contribution in [0, 0.1) is 5.82 Å². The number of nitrogens with zero attached hydrogens (tertiary/aromatic N) is 1. The third-order valence-corrected chi connectivity index (χ3v) is 2.08. The maximum absolute atomic E-state index is 13.3.